The van der Waals surface area contributed by atoms with E-state index in [9.17, 15) is 23.3 Å². The van der Waals surface area contributed by atoms with Gasteiger partial charge in [-0.2, -0.15) is 0 Å². The molecule has 0 spiro atoms. The predicted molar refractivity (Wildman–Crippen MR) is 81.7 cm³/mol. The van der Waals surface area contributed by atoms with Crippen molar-refractivity contribution < 1.29 is 23.2 Å². The zero-order chi connectivity index (χ0) is 17.0. The number of nitro benzene ring substituents is 1. The molecule has 0 unspecified atom stereocenters. The molecule has 8 nitrogen and oxygen atoms in total. The van der Waals surface area contributed by atoms with Gasteiger partial charge in [-0.05, 0) is 29.8 Å². The third-order valence-electron chi connectivity index (χ3n) is 2.92. The third kappa shape index (κ3) is 4.27. The smallest absolute Gasteiger partial charge is 0.307 e. The Bertz CT molecular complexity index is 829. The fraction of sp³-hybridized carbons (Fsp3) is 0.0714. The van der Waals surface area contributed by atoms with Gasteiger partial charge in [0.15, 0.2) is 0 Å². The van der Waals surface area contributed by atoms with Gasteiger partial charge in [0.25, 0.3) is 15.7 Å². The van der Waals surface area contributed by atoms with Crippen molar-refractivity contribution in [2.24, 2.45) is 0 Å². The van der Waals surface area contributed by atoms with Crippen LogP contribution in [0.3, 0.4) is 0 Å². The molecule has 2 aromatic rings. The van der Waals surface area contributed by atoms with Crippen molar-refractivity contribution in [2.75, 3.05) is 4.72 Å². The monoisotopic (exact) mass is 336 g/mol. The highest BCUT2D eigenvalue weighted by Crippen LogP contribution is 2.19. The summed E-state index contributed by atoms with van der Waals surface area (Å²) in [5, 5.41) is 19.2. The first-order valence-electron chi connectivity index (χ1n) is 6.36. The van der Waals surface area contributed by atoms with Crippen molar-refractivity contribution in [1.82, 2.24) is 0 Å². The van der Waals surface area contributed by atoms with E-state index in [4.69, 9.17) is 5.11 Å². The zero-order valence-corrected chi connectivity index (χ0v) is 12.5. The highest BCUT2D eigenvalue weighted by Gasteiger charge is 2.16. The summed E-state index contributed by atoms with van der Waals surface area (Å²) in [6.07, 6.45) is -0.157. The van der Waals surface area contributed by atoms with E-state index in [-0.39, 0.29) is 22.7 Å². The normalized spacial score (nSPS) is 11.0. The number of sulfonamides is 1. The Morgan fingerprint density at radius 3 is 2.13 bits per heavy atom. The van der Waals surface area contributed by atoms with Gasteiger partial charge in [-0.25, -0.2) is 8.42 Å². The number of rotatable bonds is 6. The first-order valence-corrected chi connectivity index (χ1v) is 7.84. The molecular formula is C14H12N2O6S. The van der Waals surface area contributed by atoms with E-state index < -0.39 is 20.9 Å². The largest absolute Gasteiger partial charge is 0.481 e. The maximum absolute atomic E-state index is 12.2. The number of anilines is 1. The summed E-state index contributed by atoms with van der Waals surface area (Å²) in [6, 6.07) is 10.4. The number of hydrogen-bond acceptors (Lipinski definition) is 5. The van der Waals surface area contributed by atoms with Crippen LogP contribution in [0, 0.1) is 10.1 Å². The van der Waals surface area contributed by atoms with Crippen LogP contribution in [-0.2, 0) is 21.2 Å². The molecule has 0 aromatic heterocycles. The standard InChI is InChI=1S/C14H12N2O6S/c17-14(18)9-10-1-3-11(4-2-10)15-23(21,22)13-7-5-12(6-8-13)16(19)20/h1-8,15H,9H2,(H,17,18). The van der Waals surface area contributed by atoms with Crippen molar-refractivity contribution in [2.45, 2.75) is 11.3 Å². The Labute approximate surface area is 131 Å². The van der Waals surface area contributed by atoms with E-state index in [1.165, 1.54) is 24.3 Å². The second kappa shape index (κ2) is 6.44. The fourth-order valence-corrected chi connectivity index (χ4v) is 2.88. The number of benzene rings is 2. The lowest BCUT2D eigenvalue weighted by molar-refractivity contribution is -0.384. The minimum Gasteiger partial charge on any atom is -0.481 e. The maximum atomic E-state index is 12.2. The first-order chi connectivity index (χ1) is 10.8. The lowest BCUT2D eigenvalue weighted by Gasteiger charge is -2.08. The summed E-state index contributed by atoms with van der Waals surface area (Å²) in [7, 11) is -3.88. The van der Waals surface area contributed by atoms with E-state index in [0.717, 1.165) is 24.3 Å². The minimum absolute atomic E-state index is 0.113. The molecule has 23 heavy (non-hydrogen) atoms. The number of nitrogens with zero attached hydrogens (tertiary/aromatic N) is 1. The van der Waals surface area contributed by atoms with Crippen molar-refractivity contribution in [3.63, 3.8) is 0 Å². The van der Waals surface area contributed by atoms with E-state index in [1.54, 1.807) is 0 Å². The molecule has 2 aromatic carbocycles. The van der Waals surface area contributed by atoms with Gasteiger partial charge in [0.1, 0.15) is 0 Å². The quantitative estimate of drug-likeness (QED) is 0.614. The summed E-state index contributed by atoms with van der Waals surface area (Å²) in [6.45, 7) is 0. The topological polar surface area (TPSA) is 127 Å². The van der Waals surface area contributed by atoms with Crippen LogP contribution >= 0.6 is 0 Å². The molecule has 9 heteroatoms. The predicted octanol–water partition coefficient (Wildman–Crippen LogP) is 2.02. The molecule has 0 heterocycles. The van der Waals surface area contributed by atoms with Gasteiger partial charge in [0.2, 0.25) is 0 Å². The lowest BCUT2D eigenvalue weighted by Crippen LogP contribution is -2.13. The van der Waals surface area contributed by atoms with Gasteiger partial charge in [-0.15, -0.1) is 0 Å². The number of carboxylic acids is 1. The van der Waals surface area contributed by atoms with Crippen LogP contribution < -0.4 is 4.72 Å². The molecule has 0 aliphatic carbocycles. The second-order valence-electron chi connectivity index (χ2n) is 4.62. The molecule has 120 valence electrons. The summed E-state index contributed by atoms with van der Waals surface area (Å²) in [5.41, 5.74) is 0.593. The Morgan fingerprint density at radius 1 is 1.09 bits per heavy atom. The summed E-state index contributed by atoms with van der Waals surface area (Å²) in [4.78, 5) is 20.4. The van der Waals surface area contributed by atoms with Crippen LogP contribution in [0.4, 0.5) is 11.4 Å². The maximum Gasteiger partial charge on any atom is 0.307 e. The van der Waals surface area contributed by atoms with Crippen LogP contribution in [0.1, 0.15) is 5.56 Å². The Morgan fingerprint density at radius 2 is 1.65 bits per heavy atom. The van der Waals surface area contributed by atoms with Gasteiger partial charge in [0.05, 0.1) is 16.2 Å². The third-order valence-corrected chi connectivity index (χ3v) is 4.32. The van der Waals surface area contributed by atoms with Crippen LogP contribution in [0.2, 0.25) is 0 Å². The lowest BCUT2D eigenvalue weighted by atomic mass is 10.1. The molecule has 0 aliphatic rings. The highest BCUT2D eigenvalue weighted by molar-refractivity contribution is 7.92. The molecule has 0 aliphatic heterocycles. The highest BCUT2D eigenvalue weighted by atomic mass is 32.2. The second-order valence-corrected chi connectivity index (χ2v) is 6.31. The van der Waals surface area contributed by atoms with Gasteiger partial charge in [-0.1, -0.05) is 12.1 Å². The molecule has 0 amide bonds. The number of non-ortho nitro benzene ring substituents is 1. The SMILES string of the molecule is O=C(O)Cc1ccc(NS(=O)(=O)c2ccc([N+](=O)[O-])cc2)cc1. The van der Waals surface area contributed by atoms with Gasteiger partial charge < -0.3 is 5.11 Å². The number of carboxylic acid groups (broad SMARTS) is 1. The number of nitrogens with one attached hydrogen (secondary N) is 1. The Hall–Kier alpha value is -2.94. The van der Waals surface area contributed by atoms with E-state index in [0.29, 0.717) is 5.56 Å². The number of nitro groups is 1. The first kappa shape index (κ1) is 16.4. The fourth-order valence-electron chi connectivity index (χ4n) is 1.83. The van der Waals surface area contributed by atoms with Crippen molar-refractivity contribution >= 4 is 27.4 Å². The van der Waals surface area contributed by atoms with Crippen LogP contribution in [0.15, 0.2) is 53.4 Å². The van der Waals surface area contributed by atoms with Crippen LogP contribution in [0.5, 0.6) is 0 Å². The van der Waals surface area contributed by atoms with Crippen LogP contribution in [0.25, 0.3) is 0 Å². The van der Waals surface area contributed by atoms with Crippen molar-refractivity contribution in [1.29, 1.82) is 0 Å². The molecule has 0 radical (unpaired) electrons. The van der Waals surface area contributed by atoms with Gasteiger partial charge >= 0.3 is 5.97 Å². The Kier molecular flexibility index (Phi) is 4.60. The average molecular weight is 336 g/mol. The molecule has 2 N–H and O–H groups in total. The average Bonchev–Trinajstić information content (AvgIpc) is 2.48. The summed E-state index contributed by atoms with van der Waals surface area (Å²) in [5.74, 6) is -0.982. The molecule has 0 saturated carbocycles. The number of aliphatic carboxylic acids is 1. The molecule has 0 bridgehead atoms. The Balaban J connectivity index is 2.17. The molecule has 0 saturated heterocycles. The zero-order valence-electron chi connectivity index (χ0n) is 11.7. The summed E-state index contributed by atoms with van der Waals surface area (Å²) < 4.78 is 26.7. The van der Waals surface area contributed by atoms with E-state index >= 15 is 0 Å². The van der Waals surface area contributed by atoms with Gasteiger partial charge in [0, 0.05) is 17.8 Å². The van der Waals surface area contributed by atoms with Crippen molar-refractivity contribution in [3.05, 3.63) is 64.2 Å². The molecule has 0 fully saturated rings. The molecular weight excluding hydrogens is 324 g/mol. The minimum atomic E-state index is -3.88. The van der Waals surface area contributed by atoms with E-state index in [1.807, 2.05) is 0 Å². The van der Waals surface area contributed by atoms with Crippen molar-refractivity contribution in [3.8, 4) is 0 Å². The number of carbonyl (C=O) groups is 1. The summed E-state index contributed by atoms with van der Waals surface area (Å²) >= 11 is 0. The van der Waals surface area contributed by atoms with Crippen LogP contribution in [-0.4, -0.2) is 24.4 Å². The molecule has 0 atom stereocenters. The number of hydrogen-bond donors (Lipinski definition) is 2. The van der Waals surface area contributed by atoms with Gasteiger partial charge in [-0.3, -0.25) is 19.6 Å². The molecule has 2 rings (SSSR count). The van der Waals surface area contributed by atoms with E-state index in [2.05, 4.69) is 4.72 Å².